The number of nitrogens with zero attached hydrogens (tertiary/aromatic N) is 2. The molecule has 2 aliphatic rings. The topological polar surface area (TPSA) is 25.8 Å². The zero-order chi connectivity index (χ0) is 31.2. The van der Waals surface area contributed by atoms with Crippen molar-refractivity contribution < 1.29 is 0 Å². The van der Waals surface area contributed by atoms with Crippen molar-refractivity contribution in [2.45, 2.75) is 38.5 Å². The molecule has 1 heterocycles. The average molecular weight is 591 g/mol. The predicted octanol–water partition coefficient (Wildman–Crippen LogP) is 11.2. The van der Waals surface area contributed by atoms with Gasteiger partial charge < -0.3 is 0 Å². The lowest BCUT2D eigenvalue weighted by Gasteiger charge is -2.24. The van der Waals surface area contributed by atoms with Crippen molar-refractivity contribution >= 4 is 11.0 Å². The van der Waals surface area contributed by atoms with Gasteiger partial charge in [-0.05, 0) is 92.0 Å². The monoisotopic (exact) mass is 590 g/mol. The lowest BCUT2D eigenvalue weighted by Crippen LogP contribution is -2.17. The van der Waals surface area contributed by atoms with Crippen molar-refractivity contribution in [2.24, 2.45) is 0 Å². The molecular weight excluding hydrogens is 556 g/mol. The standard InChI is InChI=1S/C44H34N2/c1-43(2)35-18-9-8-17-31(35)33-25-38-34(26-37(33)43)32-22-21-29(24-36(32)44(38,3)4)28-15-12-16-30(23-28)42-41(27-13-6-5-7-14-27)45-39-19-10-11-20-40(39)46-42/h5-26H,1-4H3. The fraction of sp³-hybridized carbons (Fsp3) is 0.136. The molecule has 0 N–H and O–H groups in total. The number of hydrogen-bond donors (Lipinski definition) is 0. The first kappa shape index (κ1) is 27.0. The highest BCUT2D eigenvalue weighted by Crippen LogP contribution is 2.56. The highest BCUT2D eigenvalue weighted by atomic mass is 14.8. The quantitative estimate of drug-likeness (QED) is 0.205. The van der Waals surface area contributed by atoms with Crippen molar-refractivity contribution in [3.8, 4) is 55.9 Å². The van der Waals surface area contributed by atoms with Crippen LogP contribution >= 0.6 is 0 Å². The third-order valence-electron chi connectivity index (χ3n) is 10.5. The Hall–Kier alpha value is -5.34. The minimum absolute atomic E-state index is 0.0154. The summed E-state index contributed by atoms with van der Waals surface area (Å²) in [6.45, 7) is 9.49. The maximum absolute atomic E-state index is 5.16. The lowest BCUT2D eigenvalue weighted by atomic mass is 9.79. The molecule has 1 aromatic heterocycles. The summed E-state index contributed by atoms with van der Waals surface area (Å²) in [6.07, 6.45) is 0. The van der Waals surface area contributed by atoms with Crippen molar-refractivity contribution in [1.82, 2.24) is 9.97 Å². The van der Waals surface area contributed by atoms with Crippen molar-refractivity contribution in [1.29, 1.82) is 0 Å². The van der Waals surface area contributed by atoms with Crippen LogP contribution in [0.15, 0.2) is 133 Å². The van der Waals surface area contributed by atoms with Gasteiger partial charge in [-0.15, -0.1) is 0 Å². The maximum atomic E-state index is 5.16. The molecule has 2 aliphatic carbocycles. The van der Waals surface area contributed by atoms with Crippen LogP contribution in [0.5, 0.6) is 0 Å². The highest BCUT2D eigenvalue weighted by Gasteiger charge is 2.41. The molecule has 9 rings (SSSR count). The van der Waals surface area contributed by atoms with Crippen LogP contribution in [-0.4, -0.2) is 9.97 Å². The summed E-state index contributed by atoms with van der Waals surface area (Å²) >= 11 is 0. The Labute approximate surface area is 270 Å². The third kappa shape index (κ3) is 3.83. The van der Waals surface area contributed by atoms with Crippen LogP contribution in [0.2, 0.25) is 0 Å². The van der Waals surface area contributed by atoms with Gasteiger partial charge in [-0.25, -0.2) is 9.97 Å². The van der Waals surface area contributed by atoms with Crippen molar-refractivity contribution in [3.05, 3.63) is 156 Å². The number of aromatic nitrogens is 2. The molecule has 0 unspecified atom stereocenters. The second kappa shape index (κ2) is 9.58. The Kier molecular flexibility index (Phi) is 5.63. The van der Waals surface area contributed by atoms with Gasteiger partial charge in [0, 0.05) is 22.0 Å². The molecule has 0 amide bonds. The molecule has 0 spiro atoms. The Morgan fingerprint density at radius 2 is 0.848 bits per heavy atom. The third-order valence-corrected chi connectivity index (χ3v) is 10.5. The van der Waals surface area contributed by atoms with Crippen molar-refractivity contribution in [2.75, 3.05) is 0 Å². The SMILES string of the molecule is CC1(C)c2ccccc2-c2cc3c(cc21)-c1ccc(-c2cccc(-c4nc5ccccc5nc4-c4ccccc4)c2)cc1C3(C)C. The summed E-state index contributed by atoms with van der Waals surface area (Å²) in [5, 5.41) is 0. The zero-order valence-electron chi connectivity index (χ0n) is 26.6. The largest absolute Gasteiger partial charge is 0.244 e. The fourth-order valence-corrected chi connectivity index (χ4v) is 7.95. The summed E-state index contributed by atoms with van der Waals surface area (Å²) in [6, 6.07) is 48.3. The molecule has 2 heteroatoms. The normalized spacial score (nSPS) is 14.9. The maximum Gasteiger partial charge on any atom is 0.0973 e. The zero-order valence-corrected chi connectivity index (χ0v) is 26.6. The molecule has 0 saturated heterocycles. The van der Waals surface area contributed by atoms with Crippen LogP contribution in [0.3, 0.4) is 0 Å². The first-order chi connectivity index (χ1) is 22.3. The molecule has 0 radical (unpaired) electrons. The van der Waals surface area contributed by atoms with E-state index in [9.17, 15) is 0 Å². The predicted molar refractivity (Wildman–Crippen MR) is 191 cm³/mol. The molecule has 220 valence electrons. The smallest absolute Gasteiger partial charge is 0.0973 e. The highest BCUT2D eigenvalue weighted by molar-refractivity contribution is 5.91. The number of hydrogen-bond acceptors (Lipinski definition) is 2. The molecule has 0 saturated carbocycles. The van der Waals surface area contributed by atoms with Crippen LogP contribution in [0.25, 0.3) is 66.9 Å². The van der Waals surface area contributed by atoms with E-state index < -0.39 is 0 Å². The fourth-order valence-electron chi connectivity index (χ4n) is 7.95. The van der Waals surface area contributed by atoms with E-state index in [1.807, 2.05) is 30.3 Å². The first-order valence-corrected chi connectivity index (χ1v) is 16.2. The summed E-state index contributed by atoms with van der Waals surface area (Å²) in [4.78, 5) is 10.3. The first-order valence-electron chi connectivity index (χ1n) is 16.2. The molecular formula is C44H34N2. The molecule has 7 aromatic rings. The Bertz CT molecular complexity index is 2360. The molecule has 2 nitrogen and oxygen atoms in total. The summed E-state index contributed by atoms with van der Waals surface area (Å²) in [5.74, 6) is 0. The number of benzene rings is 6. The second-order valence-electron chi connectivity index (χ2n) is 13.9. The Morgan fingerprint density at radius 1 is 0.348 bits per heavy atom. The summed E-state index contributed by atoms with van der Waals surface area (Å²) in [5.41, 5.74) is 19.1. The van der Waals surface area contributed by atoms with Crippen LogP contribution < -0.4 is 0 Å². The summed E-state index contributed by atoms with van der Waals surface area (Å²) < 4.78 is 0. The van der Waals surface area contributed by atoms with E-state index in [4.69, 9.17) is 9.97 Å². The van der Waals surface area contributed by atoms with E-state index in [2.05, 4.69) is 131 Å². The van der Waals surface area contributed by atoms with Crippen LogP contribution in [0.1, 0.15) is 49.9 Å². The van der Waals surface area contributed by atoms with E-state index in [0.717, 1.165) is 33.5 Å². The average Bonchev–Trinajstić information content (AvgIpc) is 3.46. The van der Waals surface area contributed by atoms with E-state index in [-0.39, 0.29) is 10.8 Å². The molecule has 0 aliphatic heterocycles. The number of para-hydroxylation sites is 2. The molecule has 0 bridgehead atoms. The molecule has 6 aromatic carbocycles. The second-order valence-corrected chi connectivity index (χ2v) is 13.9. The van der Waals surface area contributed by atoms with E-state index in [1.165, 1.54) is 55.6 Å². The van der Waals surface area contributed by atoms with E-state index >= 15 is 0 Å². The molecule has 0 fully saturated rings. The minimum Gasteiger partial charge on any atom is -0.244 e. The van der Waals surface area contributed by atoms with Gasteiger partial charge in [-0.3, -0.25) is 0 Å². The Balaban J connectivity index is 1.16. The van der Waals surface area contributed by atoms with Crippen LogP contribution in [-0.2, 0) is 10.8 Å². The van der Waals surface area contributed by atoms with Crippen molar-refractivity contribution in [3.63, 3.8) is 0 Å². The van der Waals surface area contributed by atoms with E-state index in [0.29, 0.717) is 0 Å². The number of fused-ring (bicyclic) bond motifs is 7. The number of rotatable bonds is 3. The molecule has 0 atom stereocenters. The lowest BCUT2D eigenvalue weighted by molar-refractivity contribution is 0.652. The van der Waals surface area contributed by atoms with Gasteiger partial charge >= 0.3 is 0 Å². The van der Waals surface area contributed by atoms with Gasteiger partial charge in [0.15, 0.2) is 0 Å². The van der Waals surface area contributed by atoms with Gasteiger partial charge in [0.05, 0.1) is 22.4 Å². The van der Waals surface area contributed by atoms with E-state index in [1.54, 1.807) is 0 Å². The van der Waals surface area contributed by atoms with Gasteiger partial charge in [0.25, 0.3) is 0 Å². The molecule has 46 heavy (non-hydrogen) atoms. The van der Waals surface area contributed by atoms with Gasteiger partial charge in [0.2, 0.25) is 0 Å². The van der Waals surface area contributed by atoms with Gasteiger partial charge in [-0.1, -0.05) is 125 Å². The summed E-state index contributed by atoms with van der Waals surface area (Å²) in [7, 11) is 0. The van der Waals surface area contributed by atoms with Gasteiger partial charge in [-0.2, -0.15) is 0 Å². The minimum atomic E-state index is -0.112. The van der Waals surface area contributed by atoms with Gasteiger partial charge in [0.1, 0.15) is 0 Å². The van der Waals surface area contributed by atoms with Crippen LogP contribution in [0.4, 0.5) is 0 Å². The Morgan fingerprint density at radius 3 is 1.57 bits per heavy atom. The van der Waals surface area contributed by atoms with Crippen LogP contribution in [0, 0.1) is 0 Å².